The summed E-state index contributed by atoms with van der Waals surface area (Å²) in [6.45, 7) is 1.55. The first kappa shape index (κ1) is 11.0. The Balaban J connectivity index is 2.27. The van der Waals surface area contributed by atoms with E-state index in [0.29, 0.717) is 17.3 Å². The molecule has 0 spiro atoms. The highest BCUT2D eigenvalue weighted by Crippen LogP contribution is 2.29. The highest BCUT2D eigenvalue weighted by Gasteiger charge is 2.22. The number of nitrogens with two attached hydrogens (primary N) is 1. The summed E-state index contributed by atoms with van der Waals surface area (Å²) in [6.07, 6.45) is 3.80. The normalized spacial score (nSPS) is 15.6. The van der Waals surface area contributed by atoms with Gasteiger partial charge in [0, 0.05) is 30.0 Å². The van der Waals surface area contributed by atoms with Crippen molar-refractivity contribution in [3.8, 4) is 0 Å². The molecule has 3 heteroatoms. The third kappa shape index (κ3) is 1.90. The van der Waals surface area contributed by atoms with Gasteiger partial charge in [0.2, 0.25) is 0 Å². The molecule has 0 radical (unpaired) electrons. The Kier molecular flexibility index (Phi) is 2.86. The Bertz CT molecular complexity index is 410. The van der Waals surface area contributed by atoms with Crippen molar-refractivity contribution in [1.82, 2.24) is 0 Å². The van der Waals surface area contributed by atoms with Crippen molar-refractivity contribution in [2.75, 3.05) is 17.7 Å². The summed E-state index contributed by atoms with van der Waals surface area (Å²) in [6, 6.07) is 6.33. The van der Waals surface area contributed by atoms with Crippen molar-refractivity contribution in [3.05, 3.63) is 23.8 Å². The summed E-state index contributed by atoms with van der Waals surface area (Å²) < 4.78 is 0. The van der Waals surface area contributed by atoms with Gasteiger partial charge in [-0.15, -0.1) is 0 Å². The zero-order chi connectivity index (χ0) is 11.7. The molecule has 0 bridgehead atoms. The van der Waals surface area contributed by atoms with Gasteiger partial charge in [0.1, 0.15) is 0 Å². The van der Waals surface area contributed by atoms with E-state index in [1.807, 2.05) is 18.2 Å². The first-order chi connectivity index (χ1) is 7.59. The van der Waals surface area contributed by atoms with Crippen LogP contribution < -0.4 is 10.6 Å². The predicted molar refractivity (Wildman–Crippen MR) is 66.9 cm³/mol. The van der Waals surface area contributed by atoms with Crippen molar-refractivity contribution in [2.45, 2.75) is 32.2 Å². The number of benzene rings is 1. The smallest absolute Gasteiger partial charge is 0.161 e. The van der Waals surface area contributed by atoms with E-state index in [1.54, 1.807) is 6.92 Å². The van der Waals surface area contributed by atoms with Gasteiger partial charge in [-0.25, -0.2) is 0 Å². The second-order valence-electron chi connectivity index (χ2n) is 4.52. The molecule has 0 saturated heterocycles. The van der Waals surface area contributed by atoms with Crippen LogP contribution in [0.25, 0.3) is 0 Å². The van der Waals surface area contributed by atoms with Crippen LogP contribution in [0, 0.1) is 0 Å². The predicted octanol–water partition coefficient (Wildman–Crippen LogP) is 2.46. The Labute approximate surface area is 96.2 Å². The second kappa shape index (κ2) is 4.16. The van der Waals surface area contributed by atoms with Gasteiger partial charge in [0.25, 0.3) is 0 Å². The van der Waals surface area contributed by atoms with Crippen molar-refractivity contribution in [2.24, 2.45) is 0 Å². The van der Waals surface area contributed by atoms with Gasteiger partial charge in [-0.3, -0.25) is 4.79 Å². The van der Waals surface area contributed by atoms with Gasteiger partial charge in [-0.05, 0) is 44.4 Å². The van der Waals surface area contributed by atoms with Crippen LogP contribution in [0.3, 0.4) is 0 Å². The summed E-state index contributed by atoms with van der Waals surface area (Å²) in [4.78, 5) is 13.6. The zero-order valence-electron chi connectivity index (χ0n) is 9.86. The lowest BCUT2D eigenvalue weighted by Crippen LogP contribution is -2.37. The lowest BCUT2D eigenvalue weighted by atomic mass is 9.91. The maximum atomic E-state index is 11.4. The minimum atomic E-state index is 0.0290. The second-order valence-corrected chi connectivity index (χ2v) is 4.52. The lowest BCUT2D eigenvalue weighted by molar-refractivity contribution is 0.101. The SMILES string of the molecule is CC(=O)c1cc(N(C)C2CCC2)ccc1N. The summed E-state index contributed by atoms with van der Waals surface area (Å²) in [5.74, 6) is 0.0290. The number of Topliss-reactive ketones (excluding diaryl/α,β-unsaturated/α-hetero) is 1. The molecule has 86 valence electrons. The number of rotatable bonds is 3. The van der Waals surface area contributed by atoms with Crippen molar-refractivity contribution >= 4 is 17.2 Å². The molecule has 1 fully saturated rings. The molecule has 1 aromatic rings. The molecule has 2 N–H and O–H groups in total. The zero-order valence-corrected chi connectivity index (χ0v) is 9.86. The molecule has 3 nitrogen and oxygen atoms in total. The summed E-state index contributed by atoms with van der Waals surface area (Å²) in [7, 11) is 2.08. The Morgan fingerprint density at radius 3 is 2.62 bits per heavy atom. The molecular formula is C13H18N2O. The fraction of sp³-hybridized carbons (Fsp3) is 0.462. The number of ketones is 1. The van der Waals surface area contributed by atoms with Gasteiger partial charge < -0.3 is 10.6 Å². The minimum Gasteiger partial charge on any atom is -0.398 e. The van der Waals surface area contributed by atoms with E-state index in [1.165, 1.54) is 19.3 Å². The molecule has 0 amide bonds. The van der Waals surface area contributed by atoms with Gasteiger partial charge >= 0.3 is 0 Å². The fourth-order valence-electron chi connectivity index (χ4n) is 2.05. The Hall–Kier alpha value is -1.51. The quantitative estimate of drug-likeness (QED) is 0.626. The molecule has 1 aliphatic carbocycles. The van der Waals surface area contributed by atoms with Gasteiger partial charge in [-0.1, -0.05) is 0 Å². The van der Waals surface area contributed by atoms with Crippen LogP contribution in [-0.4, -0.2) is 18.9 Å². The number of hydrogen-bond acceptors (Lipinski definition) is 3. The first-order valence-corrected chi connectivity index (χ1v) is 5.73. The van der Waals surface area contributed by atoms with Gasteiger partial charge in [-0.2, -0.15) is 0 Å². The molecule has 2 rings (SSSR count). The molecule has 1 aliphatic rings. The van der Waals surface area contributed by atoms with E-state index < -0.39 is 0 Å². The van der Waals surface area contributed by atoms with Crippen molar-refractivity contribution in [3.63, 3.8) is 0 Å². The monoisotopic (exact) mass is 218 g/mol. The number of nitrogens with zero attached hydrogens (tertiary/aromatic N) is 1. The number of nitrogen functional groups attached to an aromatic ring is 1. The molecule has 0 unspecified atom stereocenters. The van der Waals surface area contributed by atoms with E-state index in [2.05, 4.69) is 11.9 Å². The molecule has 0 aliphatic heterocycles. The molecule has 0 heterocycles. The van der Waals surface area contributed by atoms with Crippen LogP contribution in [0.2, 0.25) is 0 Å². The number of carbonyl (C=O) groups is 1. The van der Waals surface area contributed by atoms with E-state index in [0.717, 1.165) is 5.69 Å². The van der Waals surface area contributed by atoms with Crippen LogP contribution >= 0.6 is 0 Å². The first-order valence-electron chi connectivity index (χ1n) is 5.73. The van der Waals surface area contributed by atoms with Crippen LogP contribution in [0.5, 0.6) is 0 Å². The standard InChI is InChI=1S/C13H18N2O/c1-9(16)12-8-11(6-7-13(12)14)15(2)10-4-3-5-10/h6-8,10H,3-5,14H2,1-2H3. The van der Waals surface area contributed by atoms with E-state index >= 15 is 0 Å². The molecule has 1 aromatic carbocycles. The topological polar surface area (TPSA) is 46.3 Å². The Morgan fingerprint density at radius 1 is 1.44 bits per heavy atom. The van der Waals surface area contributed by atoms with Crippen LogP contribution in [-0.2, 0) is 0 Å². The lowest BCUT2D eigenvalue weighted by Gasteiger charge is -2.36. The van der Waals surface area contributed by atoms with Crippen LogP contribution in [0.15, 0.2) is 18.2 Å². The average Bonchev–Trinajstić information content (AvgIpc) is 2.15. The summed E-state index contributed by atoms with van der Waals surface area (Å²) >= 11 is 0. The average molecular weight is 218 g/mol. The van der Waals surface area contributed by atoms with Crippen LogP contribution in [0.4, 0.5) is 11.4 Å². The maximum absolute atomic E-state index is 11.4. The Morgan fingerprint density at radius 2 is 2.12 bits per heavy atom. The number of hydrogen-bond donors (Lipinski definition) is 1. The van der Waals surface area contributed by atoms with Crippen molar-refractivity contribution in [1.29, 1.82) is 0 Å². The highest BCUT2D eigenvalue weighted by atomic mass is 16.1. The van der Waals surface area contributed by atoms with E-state index in [-0.39, 0.29) is 5.78 Å². The maximum Gasteiger partial charge on any atom is 0.161 e. The largest absolute Gasteiger partial charge is 0.398 e. The van der Waals surface area contributed by atoms with Gasteiger partial charge in [0.15, 0.2) is 5.78 Å². The van der Waals surface area contributed by atoms with Crippen LogP contribution in [0.1, 0.15) is 36.5 Å². The molecule has 1 saturated carbocycles. The fourth-order valence-corrected chi connectivity index (χ4v) is 2.05. The van der Waals surface area contributed by atoms with E-state index in [9.17, 15) is 4.79 Å². The third-order valence-corrected chi connectivity index (χ3v) is 3.45. The molecule has 0 aromatic heterocycles. The molecule has 0 atom stereocenters. The number of anilines is 2. The minimum absolute atomic E-state index is 0.0290. The molecular weight excluding hydrogens is 200 g/mol. The molecule has 16 heavy (non-hydrogen) atoms. The van der Waals surface area contributed by atoms with Crippen molar-refractivity contribution < 1.29 is 4.79 Å². The summed E-state index contributed by atoms with van der Waals surface area (Å²) in [5, 5.41) is 0. The third-order valence-electron chi connectivity index (χ3n) is 3.45. The highest BCUT2D eigenvalue weighted by molar-refractivity contribution is 6.00. The van der Waals surface area contributed by atoms with E-state index in [4.69, 9.17) is 5.73 Å². The summed E-state index contributed by atoms with van der Waals surface area (Å²) in [5.41, 5.74) is 8.06. The number of carbonyl (C=O) groups excluding carboxylic acids is 1. The van der Waals surface area contributed by atoms with Gasteiger partial charge in [0.05, 0.1) is 0 Å².